The quantitative estimate of drug-likeness (QED) is 0.0740. The Balaban J connectivity index is 5.28. The van der Waals surface area contributed by atoms with E-state index < -0.39 is 47.9 Å². The number of carbonyl (C=O) groups is 4. The summed E-state index contributed by atoms with van der Waals surface area (Å²) < 4.78 is 0. The van der Waals surface area contributed by atoms with E-state index in [1.165, 1.54) is 11.8 Å². The average molecular weight is 518 g/mol. The van der Waals surface area contributed by atoms with Gasteiger partial charge in [-0.25, -0.2) is 4.79 Å². The van der Waals surface area contributed by atoms with E-state index in [2.05, 4.69) is 20.9 Å². The fourth-order valence-corrected chi connectivity index (χ4v) is 3.65. The largest absolute Gasteiger partial charge is 0.480 e. The Hall–Kier alpha value is -2.54. The zero-order valence-electron chi connectivity index (χ0n) is 21.4. The molecule has 0 aromatic carbocycles. The van der Waals surface area contributed by atoms with Crippen molar-refractivity contribution in [3.8, 4) is 0 Å². The summed E-state index contributed by atoms with van der Waals surface area (Å²) in [6.45, 7) is 7.62. The lowest BCUT2D eigenvalue weighted by molar-refractivity contribution is -0.142. The number of nitrogens with two attached hydrogens (primary N) is 3. The Morgan fingerprint density at radius 1 is 0.914 bits per heavy atom. The van der Waals surface area contributed by atoms with Crippen LogP contribution in [0.1, 0.15) is 53.4 Å². The van der Waals surface area contributed by atoms with Crippen LogP contribution < -0.4 is 33.2 Å². The van der Waals surface area contributed by atoms with Crippen LogP contribution in [0.5, 0.6) is 0 Å². The summed E-state index contributed by atoms with van der Waals surface area (Å²) in [4.78, 5) is 53.9. The van der Waals surface area contributed by atoms with Crippen LogP contribution in [0.25, 0.3) is 0 Å². The van der Waals surface area contributed by atoms with Gasteiger partial charge in [0.05, 0.1) is 6.04 Å². The number of aliphatic carboxylic acids is 1. The molecule has 3 amide bonds. The van der Waals surface area contributed by atoms with Crippen molar-refractivity contribution in [3.63, 3.8) is 0 Å². The zero-order valence-corrected chi connectivity index (χ0v) is 22.2. The third kappa shape index (κ3) is 13.8. The molecule has 0 heterocycles. The second kappa shape index (κ2) is 17.0. The molecular weight excluding hydrogens is 474 g/mol. The minimum absolute atomic E-state index is 0.0431. The van der Waals surface area contributed by atoms with Gasteiger partial charge in [-0.3, -0.25) is 19.4 Å². The highest BCUT2D eigenvalue weighted by Crippen LogP contribution is 2.10. The maximum Gasteiger partial charge on any atom is 0.326 e. The minimum atomic E-state index is -1.14. The second-order valence-electron chi connectivity index (χ2n) is 9.16. The number of amides is 3. The third-order valence-corrected chi connectivity index (χ3v) is 5.76. The highest BCUT2D eigenvalue weighted by atomic mass is 32.2. The molecular formula is C22H43N7O5S. The molecule has 12 nitrogen and oxygen atoms in total. The lowest BCUT2D eigenvalue weighted by Crippen LogP contribution is -2.58. The summed E-state index contributed by atoms with van der Waals surface area (Å²) >= 11 is 1.47. The molecule has 0 rings (SSSR count). The molecule has 0 saturated heterocycles. The smallest absolute Gasteiger partial charge is 0.326 e. The van der Waals surface area contributed by atoms with E-state index in [9.17, 15) is 24.3 Å². The van der Waals surface area contributed by atoms with Crippen molar-refractivity contribution in [3.05, 3.63) is 0 Å². The van der Waals surface area contributed by atoms with Gasteiger partial charge in [0.1, 0.15) is 18.1 Å². The van der Waals surface area contributed by atoms with E-state index >= 15 is 0 Å². The average Bonchev–Trinajstić information content (AvgIpc) is 2.75. The normalized spacial score (nSPS) is 14.5. The molecule has 10 N–H and O–H groups in total. The van der Waals surface area contributed by atoms with E-state index in [1.807, 2.05) is 20.1 Å². The molecule has 13 heteroatoms. The highest BCUT2D eigenvalue weighted by molar-refractivity contribution is 7.98. The van der Waals surface area contributed by atoms with Gasteiger partial charge in [0, 0.05) is 6.54 Å². The topological polar surface area (TPSA) is 215 Å². The first-order chi connectivity index (χ1) is 16.3. The van der Waals surface area contributed by atoms with Crippen molar-refractivity contribution in [1.82, 2.24) is 16.0 Å². The molecule has 0 aliphatic carbocycles. The summed E-state index contributed by atoms with van der Waals surface area (Å²) in [5, 5.41) is 17.3. The van der Waals surface area contributed by atoms with Gasteiger partial charge in [-0.15, -0.1) is 0 Å². The maximum absolute atomic E-state index is 13.1. The molecule has 0 saturated carbocycles. The number of rotatable bonds is 17. The molecule has 4 unspecified atom stereocenters. The summed E-state index contributed by atoms with van der Waals surface area (Å²) in [5.74, 6) is -2.48. The van der Waals surface area contributed by atoms with Crippen molar-refractivity contribution in [2.24, 2.45) is 34.0 Å². The van der Waals surface area contributed by atoms with Gasteiger partial charge in [0.15, 0.2) is 5.96 Å². The zero-order chi connectivity index (χ0) is 27.1. The number of nitrogens with zero attached hydrogens (tertiary/aromatic N) is 1. The standard InChI is InChI=1S/C22H43N7O5S/c1-12(2)11-16(19(31)27-15(21(33)34)8-10-35-5)28-20(32)17(13(3)4)29-18(30)14(23)7-6-9-26-22(24)25/h12-17H,6-11,23H2,1-5H3,(H,27,31)(H,28,32)(H,29,30)(H,33,34)(H4,24,25,26). The number of guanidine groups is 1. The Bertz CT molecular complexity index is 729. The molecule has 0 bridgehead atoms. The summed E-state index contributed by atoms with van der Waals surface area (Å²) in [6, 6.07) is -3.80. The van der Waals surface area contributed by atoms with Gasteiger partial charge >= 0.3 is 5.97 Å². The van der Waals surface area contributed by atoms with E-state index in [-0.39, 0.29) is 24.2 Å². The Kier molecular flexibility index (Phi) is 15.7. The lowest BCUT2D eigenvalue weighted by atomic mass is 9.99. The summed E-state index contributed by atoms with van der Waals surface area (Å²) in [7, 11) is 0. The van der Waals surface area contributed by atoms with Crippen LogP contribution in [0.4, 0.5) is 0 Å². The highest BCUT2D eigenvalue weighted by Gasteiger charge is 2.31. The number of aliphatic imine (C=N–C) groups is 1. The van der Waals surface area contributed by atoms with Gasteiger partial charge in [0.25, 0.3) is 0 Å². The summed E-state index contributed by atoms with van der Waals surface area (Å²) in [5.41, 5.74) is 16.5. The number of carboxylic acid groups (broad SMARTS) is 1. The molecule has 0 fully saturated rings. The van der Waals surface area contributed by atoms with Crippen molar-refractivity contribution >= 4 is 41.4 Å². The molecule has 0 aliphatic rings. The van der Waals surface area contributed by atoms with Crippen LogP contribution in [0.2, 0.25) is 0 Å². The first kappa shape index (κ1) is 32.5. The van der Waals surface area contributed by atoms with Gasteiger partial charge in [-0.05, 0) is 49.5 Å². The monoisotopic (exact) mass is 517 g/mol. The number of carbonyl (C=O) groups excluding carboxylic acids is 3. The molecule has 0 aliphatic heterocycles. The number of nitrogens with one attached hydrogen (secondary N) is 3. The minimum Gasteiger partial charge on any atom is -0.480 e. The molecule has 4 atom stereocenters. The van der Waals surface area contributed by atoms with Crippen molar-refractivity contribution < 1.29 is 24.3 Å². The van der Waals surface area contributed by atoms with Crippen LogP contribution in [0, 0.1) is 11.8 Å². The fourth-order valence-electron chi connectivity index (χ4n) is 3.18. The maximum atomic E-state index is 13.1. The summed E-state index contributed by atoms with van der Waals surface area (Å²) in [6.07, 6.45) is 3.22. The molecule has 202 valence electrons. The van der Waals surface area contributed by atoms with Gasteiger partial charge in [-0.1, -0.05) is 27.7 Å². The van der Waals surface area contributed by atoms with Crippen LogP contribution in [0.3, 0.4) is 0 Å². The second-order valence-corrected chi connectivity index (χ2v) is 10.1. The van der Waals surface area contributed by atoms with Crippen molar-refractivity contribution in [1.29, 1.82) is 0 Å². The van der Waals surface area contributed by atoms with E-state index in [0.29, 0.717) is 31.6 Å². The van der Waals surface area contributed by atoms with Crippen LogP contribution in [-0.4, -0.2) is 77.5 Å². The SMILES string of the molecule is CSCCC(NC(=O)C(CC(C)C)NC(=O)C(NC(=O)C(N)CCCN=C(N)N)C(C)C)C(=O)O. The molecule has 35 heavy (non-hydrogen) atoms. The van der Waals surface area contributed by atoms with E-state index in [4.69, 9.17) is 17.2 Å². The van der Waals surface area contributed by atoms with Crippen LogP contribution >= 0.6 is 11.8 Å². The predicted octanol–water partition coefficient (Wildman–Crippen LogP) is -0.638. The number of thioether (sulfide) groups is 1. The van der Waals surface area contributed by atoms with Gasteiger partial charge < -0.3 is 38.3 Å². The fraction of sp³-hybridized carbons (Fsp3) is 0.773. The van der Waals surface area contributed by atoms with Crippen LogP contribution in [0.15, 0.2) is 4.99 Å². The molecule has 0 aromatic heterocycles. The number of carboxylic acids is 1. The Morgan fingerprint density at radius 3 is 2.00 bits per heavy atom. The van der Waals surface area contributed by atoms with E-state index in [1.54, 1.807) is 13.8 Å². The Labute approximate surface area is 212 Å². The van der Waals surface area contributed by atoms with Crippen LogP contribution in [-0.2, 0) is 19.2 Å². The van der Waals surface area contributed by atoms with Gasteiger partial charge in [-0.2, -0.15) is 11.8 Å². The first-order valence-corrected chi connectivity index (χ1v) is 13.1. The van der Waals surface area contributed by atoms with E-state index in [0.717, 1.165) is 0 Å². The Morgan fingerprint density at radius 2 is 1.51 bits per heavy atom. The lowest BCUT2D eigenvalue weighted by Gasteiger charge is -2.27. The van der Waals surface area contributed by atoms with Crippen molar-refractivity contribution in [2.75, 3.05) is 18.6 Å². The third-order valence-electron chi connectivity index (χ3n) is 5.12. The number of hydrogen-bond acceptors (Lipinski definition) is 7. The predicted molar refractivity (Wildman–Crippen MR) is 139 cm³/mol. The van der Waals surface area contributed by atoms with Crippen molar-refractivity contribution in [2.45, 2.75) is 77.5 Å². The molecule has 0 spiro atoms. The van der Waals surface area contributed by atoms with Gasteiger partial charge in [0.2, 0.25) is 17.7 Å². The molecule has 0 radical (unpaired) electrons. The molecule has 0 aromatic rings. The first-order valence-electron chi connectivity index (χ1n) is 11.7. The number of hydrogen-bond donors (Lipinski definition) is 7.